The Morgan fingerprint density at radius 1 is 1.24 bits per heavy atom. The Morgan fingerprint density at radius 3 is 2.60 bits per heavy atom. The van der Waals surface area contributed by atoms with E-state index in [0.717, 1.165) is 12.2 Å². The van der Waals surface area contributed by atoms with Gasteiger partial charge in [-0.1, -0.05) is 6.92 Å². The fourth-order valence-corrected chi connectivity index (χ4v) is 2.02. The summed E-state index contributed by atoms with van der Waals surface area (Å²) in [6.07, 6.45) is 2.44. The van der Waals surface area contributed by atoms with E-state index in [1.54, 1.807) is 24.3 Å². The van der Waals surface area contributed by atoms with E-state index < -0.39 is 11.2 Å². The van der Waals surface area contributed by atoms with Crippen LogP contribution >= 0.6 is 0 Å². The number of urea groups is 1. The summed E-state index contributed by atoms with van der Waals surface area (Å²) in [6.45, 7) is 4.54. The Morgan fingerprint density at radius 2 is 1.96 bits per heavy atom. The number of nitrogens with one attached hydrogen (secondary N) is 3. The number of aromatic amines is 1. The van der Waals surface area contributed by atoms with E-state index >= 15 is 0 Å². The summed E-state index contributed by atoms with van der Waals surface area (Å²) in [5, 5.41) is 5.34. The molecule has 2 amide bonds. The van der Waals surface area contributed by atoms with Gasteiger partial charge < -0.3 is 15.4 Å². The maximum Gasteiger partial charge on any atom is 0.328 e. The summed E-state index contributed by atoms with van der Waals surface area (Å²) in [4.78, 5) is 36.5. The Bertz CT molecular complexity index is 810. The summed E-state index contributed by atoms with van der Waals surface area (Å²) in [7, 11) is 0. The lowest BCUT2D eigenvalue weighted by molar-refractivity contribution is 0.217. The monoisotopic (exact) mass is 346 g/mol. The van der Waals surface area contributed by atoms with Crippen molar-refractivity contribution in [3.63, 3.8) is 0 Å². The molecule has 0 bridgehead atoms. The molecular weight excluding hydrogens is 324 g/mol. The van der Waals surface area contributed by atoms with Gasteiger partial charge in [-0.15, -0.1) is 0 Å². The Labute approximate surface area is 144 Å². The van der Waals surface area contributed by atoms with Crippen LogP contribution in [0, 0.1) is 0 Å². The SMILES string of the molecule is CCC(C)Oc1ccc(NC(=O)NCCn2ccc(=O)[nH]c2=O)cc1. The number of carbonyl (C=O) groups excluding carboxylic acids is 1. The summed E-state index contributed by atoms with van der Waals surface area (Å²) in [5.41, 5.74) is -0.325. The minimum Gasteiger partial charge on any atom is -0.491 e. The molecule has 8 nitrogen and oxygen atoms in total. The summed E-state index contributed by atoms with van der Waals surface area (Å²) < 4.78 is 6.98. The van der Waals surface area contributed by atoms with Crippen LogP contribution in [-0.4, -0.2) is 28.2 Å². The average Bonchev–Trinajstić information content (AvgIpc) is 2.58. The van der Waals surface area contributed by atoms with E-state index in [1.165, 1.54) is 16.8 Å². The molecule has 1 atom stereocenters. The number of rotatable bonds is 7. The quantitative estimate of drug-likeness (QED) is 0.707. The van der Waals surface area contributed by atoms with Crippen molar-refractivity contribution in [2.75, 3.05) is 11.9 Å². The van der Waals surface area contributed by atoms with Gasteiger partial charge in [-0.2, -0.15) is 0 Å². The van der Waals surface area contributed by atoms with Crippen molar-refractivity contribution in [1.82, 2.24) is 14.9 Å². The highest BCUT2D eigenvalue weighted by Gasteiger charge is 2.04. The van der Waals surface area contributed by atoms with Crippen LogP contribution in [0.25, 0.3) is 0 Å². The molecule has 0 saturated heterocycles. The number of carbonyl (C=O) groups is 1. The highest BCUT2D eigenvalue weighted by Crippen LogP contribution is 2.17. The normalized spacial score (nSPS) is 11.6. The lowest BCUT2D eigenvalue weighted by Crippen LogP contribution is -2.35. The molecule has 25 heavy (non-hydrogen) atoms. The molecule has 0 aliphatic heterocycles. The molecule has 1 unspecified atom stereocenters. The highest BCUT2D eigenvalue weighted by atomic mass is 16.5. The van der Waals surface area contributed by atoms with Crippen molar-refractivity contribution in [1.29, 1.82) is 0 Å². The van der Waals surface area contributed by atoms with Gasteiger partial charge in [0.15, 0.2) is 0 Å². The molecule has 8 heteroatoms. The zero-order valence-electron chi connectivity index (χ0n) is 14.2. The first-order valence-electron chi connectivity index (χ1n) is 8.09. The van der Waals surface area contributed by atoms with Crippen LogP contribution in [0.15, 0.2) is 46.1 Å². The van der Waals surface area contributed by atoms with Crippen LogP contribution in [0.2, 0.25) is 0 Å². The molecule has 0 aliphatic carbocycles. The fraction of sp³-hybridized carbons (Fsp3) is 0.353. The van der Waals surface area contributed by atoms with Crippen molar-refractivity contribution >= 4 is 11.7 Å². The molecule has 134 valence electrons. The van der Waals surface area contributed by atoms with Gasteiger partial charge in [-0.3, -0.25) is 14.3 Å². The molecule has 0 saturated carbocycles. The van der Waals surface area contributed by atoms with E-state index in [2.05, 4.69) is 15.6 Å². The minimum absolute atomic E-state index is 0.137. The van der Waals surface area contributed by atoms with Crippen LogP contribution in [0.3, 0.4) is 0 Å². The molecule has 2 aromatic rings. The second kappa shape index (κ2) is 8.72. The minimum atomic E-state index is -0.508. The predicted molar refractivity (Wildman–Crippen MR) is 95.2 cm³/mol. The third kappa shape index (κ3) is 5.83. The number of aromatic nitrogens is 2. The number of nitrogens with zero attached hydrogens (tertiary/aromatic N) is 1. The third-order valence-corrected chi connectivity index (χ3v) is 3.56. The molecule has 2 rings (SSSR count). The zero-order valence-corrected chi connectivity index (χ0v) is 14.2. The molecule has 1 aromatic heterocycles. The van der Waals surface area contributed by atoms with Gasteiger partial charge in [0.05, 0.1) is 6.10 Å². The lowest BCUT2D eigenvalue weighted by Gasteiger charge is -2.13. The van der Waals surface area contributed by atoms with Gasteiger partial charge in [0.25, 0.3) is 5.56 Å². The topological polar surface area (TPSA) is 105 Å². The van der Waals surface area contributed by atoms with Crippen molar-refractivity contribution in [2.24, 2.45) is 0 Å². The average molecular weight is 346 g/mol. The number of benzene rings is 1. The highest BCUT2D eigenvalue weighted by molar-refractivity contribution is 5.89. The largest absolute Gasteiger partial charge is 0.491 e. The molecule has 0 aliphatic rings. The number of hydrogen-bond acceptors (Lipinski definition) is 4. The molecule has 1 aromatic carbocycles. The first-order chi connectivity index (χ1) is 12.0. The Kier molecular flexibility index (Phi) is 6.39. The number of amides is 2. The van der Waals surface area contributed by atoms with Crippen molar-refractivity contribution in [3.05, 3.63) is 57.4 Å². The van der Waals surface area contributed by atoms with Gasteiger partial charge in [0.2, 0.25) is 0 Å². The first kappa shape index (κ1) is 18.3. The predicted octanol–water partition coefficient (Wildman–Crippen LogP) is 1.54. The molecule has 3 N–H and O–H groups in total. The van der Waals surface area contributed by atoms with E-state index in [4.69, 9.17) is 4.74 Å². The van der Waals surface area contributed by atoms with Crippen LogP contribution < -0.4 is 26.6 Å². The maximum absolute atomic E-state index is 11.9. The number of anilines is 1. The Hall–Kier alpha value is -3.03. The van der Waals surface area contributed by atoms with Gasteiger partial charge in [0, 0.05) is 31.0 Å². The number of ether oxygens (including phenoxy) is 1. The maximum atomic E-state index is 11.9. The van der Waals surface area contributed by atoms with Crippen molar-refractivity contribution < 1.29 is 9.53 Å². The van der Waals surface area contributed by atoms with E-state index in [0.29, 0.717) is 5.69 Å². The summed E-state index contributed by atoms with van der Waals surface area (Å²) in [6, 6.07) is 7.97. The second-order valence-corrected chi connectivity index (χ2v) is 5.55. The van der Waals surface area contributed by atoms with Gasteiger partial charge in [-0.25, -0.2) is 9.59 Å². The molecule has 0 radical (unpaired) electrons. The zero-order chi connectivity index (χ0) is 18.2. The first-order valence-corrected chi connectivity index (χ1v) is 8.09. The van der Waals surface area contributed by atoms with Crippen LogP contribution in [0.4, 0.5) is 10.5 Å². The molecule has 0 fully saturated rings. The Balaban J connectivity index is 1.80. The standard InChI is InChI=1S/C17H22N4O4/c1-3-12(2)25-14-6-4-13(5-7-14)19-16(23)18-9-11-21-10-8-15(22)20-17(21)24/h4-8,10,12H,3,9,11H2,1-2H3,(H2,18,19,23)(H,20,22,24). The second-order valence-electron chi connectivity index (χ2n) is 5.55. The van der Waals surface area contributed by atoms with E-state index in [9.17, 15) is 14.4 Å². The third-order valence-electron chi connectivity index (χ3n) is 3.56. The van der Waals surface area contributed by atoms with E-state index in [1.807, 2.05) is 13.8 Å². The van der Waals surface area contributed by atoms with Crippen LogP contribution in [0.1, 0.15) is 20.3 Å². The smallest absolute Gasteiger partial charge is 0.328 e. The summed E-state index contributed by atoms with van der Waals surface area (Å²) in [5.74, 6) is 0.748. The number of hydrogen-bond donors (Lipinski definition) is 3. The fourth-order valence-electron chi connectivity index (χ4n) is 2.02. The molecule has 1 heterocycles. The molecular formula is C17H22N4O4. The van der Waals surface area contributed by atoms with E-state index in [-0.39, 0.29) is 25.2 Å². The van der Waals surface area contributed by atoms with Crippen LogP contribution in [-0.2, 0) is 6.54 Å². The van der Waals surface area contributed by atoms with Crippen molar-refractivity contribution in [3.8, 4) is 5.75 Å². The molecule has 0 spiro atoms. The van der Waals surface area contributed by atoms with Crippen LogP contribution in [0.5, 0.6) is 5.75 Å². The van der Waals surface area contributed by atoms with Gasteiger partial charge in [0.1, 0.15) is 5.75 Å². The number of H-pyrrole nitrogens is 1. The lowest BCUT2D eigenvalue weighted by atomic mass is 10.3. The summed E-state index contributed by atoms with van der Waals surface area (Å²) >= 11 is 0. The van der Waals surface area contributed by atoms with Gasteiger partial charge in [-0.05, 0) is 37.6 Å². The van der Waals surface area contributed by atoms with Gasteiger partial charge >= 0.3 is 11.7 Å². The van der Waals surface area contributed by atoms with Crippen molar-refractivity contribution in [2.45, 2.75) is 32.9 Å².